The van der Waals surface area contributed by atoms with E-state index in [1.165, 1.54) is 16.4 Å². The summed E-state index contributed by atoms with van der Waals surface area (Å²) >= 11 is 5.06. The van der Waals surface area contributed by atoms with Crippen molar-refractivity contribution in [3.8, 4) is 0 Å². The quantitative estimate of drug-likeness (QED) is 0.833. The second-order valence-corrected chi connectivity index (χ2v) is 5.64. The predicted octanol–water partition coefficient (Wildman–Crippen LogP) is 3.53. The lowest BCUT2D eigenvalue weighted by Crippen LogP contribution is -2.09. The Balaban J connectivity index is 1.90. The summed E-state index contributed by atoms with van der Waals surface area (Å²) in [4.78, 5) is 0.572. The van der Waals surface area contributed by atoms with Crippen LogP contribution < -0.4 is 5.73 Å². The highest BCUT2D eigenvalue weighted by Crippen LogP contribution is 2.23. The van der Waals surface area contributed by atoms with Gasteiger partial charge in [-0.05, 0) is 36.2 Å². The Labute approximate surface area is 109 Å². The van der Waals surface area contributed by atoms with Crippen molar-refractivity contribution in [3.63, 3.8) is 0 Å². The molecule has 2 aromatic rings. The molecule has 1 aromatic carbocycles. The van der Waals surface area contributed by atoms with Crippen LogP contribution >= 0.6 is 20.4 Å². The Bertz CT molecular complexity index is 490. The van der Waals surface area contributed by atoms with Crippen LogP contribution in [0.5, 0.6) is 0 Å². The van der Waals surface area contributed by atoms with Crippen molar-refractivity contribution in [2.75, 3.05) is 0 Å². The molecule has 0 aliphatic carbocycles. The normalized spacial score (nSPS) is 10.8. The zero-order chi connectivity index (χ0) is 12.1. The molecule has 0 saturated carbocycles. The number of rotatable bonds is 5. The molecule has 0 aliphatic heterocycles. The number of hydrogen-bond donors (Lipinski definition) is 1. The van der Waals surface area contributed by atoms with Crippen LogP contribution in [0.25, 0.3) is 0 Å². The van der Waals surface area contributed by atoms with Gasteiger partial charge in [-0.25, -0.2) is 0 Å². The number of benzene rings is 1. The molecule has 17 heavy (non-hydrogen) atoms. The van der Waals surface area contributed by atoms with Crippen molar-refractivity contribution in [3.05, 3.63) is 58.6 Å². The molecule has 0 fully saturated rings. The van der Waals surface area contributed by atoms with E-state index in [0.29, 0.717) is 13.2 Å². The van der Waals surface area contributed by atoms with E-state index in [0.717, 1.165) is 19.3 Å². The first-order chi connectivity index (χ1) is 8.27. The van der Waals surface area contributed by atoms with Crippen LogP contribution in [0.1, 0.15) is 22.8 Å². The molecule has 0 amide bonds. The van der Waals surface area contributed by atoms with E-state index >= 15 is 0 Å². The van der Waals surface area contributed by atoms with Crippen LogP contribution in [-0.2, 0) is 12.8 Å². The Morgan fingerprint density at radius 3 is 2.59 bits per heavy atom. The van der Waals surface area contributed by atoms with Crippen LogP contribution in [0.4, 0.5) is 0 Å². The van der Waals surface area contributed by atoms with Gasteiger partial charge >= 0.3 is 0 Å². The molecule has 1 aromatic heterocycles. The van der Waals surface area contributed by atoms with Gasteiger partial charge < -0.3 is 5.73 Å². The Morgan fingerprint density at radius 2 is 1.88 bits per heavy atom. The van der Waals surface area contributed by atoms with Gasteiger partial charge in [0.15, 0.2) is 0 Å². The molecule has 88 valence electrons. The van der Waals surface area contributed by atoms with Crippen molar-refractivity contribution in [1.29, 1.82) is 0 Å². The zero-order valence-electron chi connectivity index (χ0n) is 9.65. The van der Waals surface area contributed by atoms with Gasteiger partial charge in [0.2, 0.25) is 0 Å². The van der Waals surface area contributed by atoms with Gasteiger partial charge in [-0.2, -0.15) is 0 Å². The van der Waals surface area contributed by atoms with E-state index in [9.17, 15) is 0 Å². The zero-order valence-corrected chi connectivity index (χ0v) is 11.5. The second kappa shape index (κ2) is 6.00. The van der Waals surface area contributed by atoms with Crippen molar-refractivity contribution in [2.45, 2.75) is 19.3 Å². The first-order valence-corrected chi connectivity index (χ1v) is 7.26. The summed E-state index contributed by atoms with van der Waals surface area (Å²) in [7, 11) is 0.671. The molecule has 1 nitrogen and oxygen atoms in total. The topological polar surface area (TPSA) is 26.0 Å². The summed E-state index contributed by atoms with van der Waals surface area (Å²) in [5.41, 5.74) is 8.45. The highest BCUT2D eigenvalue weighted by molar-refractivity contribution is 7.81. The van der Waals surface area contributed by atoms with Crippen molar-refractivity contribution >= 4 is 25.4 Å². The van der Waals surface area contributed by atoms with Gasteiger partial charge in [0.05, 0.1) is 0 Å². The fraction of sp³-hybridized carbons (Fsp3) is 0.214. The smallest absolute Gasteiger partial charge is 0.108 e. The molecule has 1 unspecified atom stereocenters. The molecule has 0 aliphatic rings. The average Bonchev–Trinajstić information content (AvgIpc) is 2.79. The predicted molar refractivity (Wildman–Crippen MR) is 80.3 cm³/mol. The van der Waals surface area contributed by atoms with E-state index in [1.54, 1.807) is 0 Å². The lowest BCUT2D eigenvalue weighted by molar-refractivity contribution is 0.822. The van der Waals surface area contributed by atoms with E-state index < -0.39 is 0 Å². The third-order valence-electron chi connectivity index (χ3n) is 2.83. The molecular formula is C14H16NPS. The third-order valence-corrected chi connectivity index (χ3v) is 4.43. The minimum atomic E-state index is 0.572. The first-order valence-electron chi connectivity index (χ1n) is 5.77. The molecule has 0 spiro atoms. The maximum atomic E-state index is 5.71. The summed E-state index contributed by atoms with van der Waals surface area (Å²) in [6.07, 6.45) is 3.34. The molecule has 0 bridgehead atoms. The Kier molecular flexibility index (Phi) is 4.36. The highest BCUT2D eigenvalue weighted by Gasteiger charge is 2.05. The monoisotopic (exact) mass is 261 g/mol. The lowest BCUT2D eigenvalue weighted by atomic mass is 10.0. The van der Waals surface area contributed by atoms with Gasteiger partial charge in [0.25, 0.3) is 0 Å². The molecular weight excluding hydrogens is 245 g/mol. The molecule has 0 radical (unpaired) electrons. The molecule has 2 rings (SSSR count). The summed E-state index contributed by atoms with van der Waals surface area (Å²) < 4.78 is 0. The molecule has 0 saturated heterocycles. The maximum Gasteiger partial charge on any atom is 0.108 e. The first kappa shape index (κ1) is 12.3. The second-order valence-electron chi connectivity index (χ2n) is 4.08. The summed E-state index contributed by atoms with van der Waals surface area (Å²) in [5.74, 6) is 2.17. The highest BCUT2D eigenvalue weighted by atomic mass is 32.1. The van der Waals surface area contributed by atoms with Crippen LogP contribution in [-0.4, -0.2) is 4.99 Å². The fourth-order valence-electron chi connectivity index (χ4n) is 1.97. The molecule has 1 heterocycles. The average molecular weight is 261 g/mol. The van der Waals surface area contributed by atoms with E-state index in [2.05, 4.69) is 42.2 Å². The Hall–Kier alpha value is -1.11. The summed E-state index contributed by atoms with van der Waals surface area (Å²) in [6, 6.07) is 12.8. The van der Waals surface area contributed by atoms with Gasteiger partial charge in [0, 0.05) is 5.30 Å². The van der Waals surface area contributed by atoms with Crippen LogP contribution in [0.2, 0.25) is 0 Å². The number of hydrogen-bond acceptors (Lipinski definition) is 1. The van der Waals surface area contributed by atoms with Crippen molar-refractivity contribution < 1.29 is 0 Å². The van der Waals surface area contributed by atoms with Gasteiger partial charge in [-0.1, -0.05) is 48.6 Å². The maximum absolute atomic E-state index is 5.71. The van der Waals surface area contributed by atoms with E-state index in [-0.39, 0.29) is 0 Å². The standard InChI is InChI=1S/C14H16NPS/c15-14(17)13-12(9-10-16-13)8-4-7-11-5-2-1-3-6-11/h1-3,5-6,9-10,16H,4,7-8H2,(H2,15,17). The number of thiocarbonyl (C=S) groups is 1. The van der Waals surface area contributed by atoms with E-state index in [1.807, 2.05) is 0 Å². The summed E-state index contributed by atoms with van der Waals surface area (Å²) in [5, 5.41) is 1.19. The van der Waals surface area contributed by atoms with Crippen LogP contribution in [0, 0.1) is 0 Å². The SMILES string of the molecule is NC(=S)c1[pH]ccc1CCCc1ccccc1. The minimum Gasteiger partial charge on any atom is -0.389 e. The third kappa shape index (κ3) is 3.42. The van der Waals surface area contributed by atoms with E-state index in [4.69, 9.17) is 18.0 Å². The summed E-state index contributed by atoms with van der Waals surface area (Å²) in [6.45, 7) is 0. The van der Waals surface area contributed by atoms with Gasteiger partial charge in [0.1, 0.15) is 4.99 Å². The largest absolute Gasteiger partial charge is 0.389 e. The lowest BCUT2D eigenvalue weighted by Gasteiger charge is -2.03. The molecule has 1 atom stereocenters. The fourth-order valence-corrected chi connectivity index (χ4v) is 3.26. The van der Waals surface area contributed by atoms with Gasteiger partial charge in [-0.3, -0.25) is 0 Å². The molecule has 2 N–H and O–H groups in total. The minimum absolute atomic E-state index is 0.572. The van der Waals surface area contributed by atoms with Gasteiger partial charge in [-0.15, -0.1) is 8.19 Å². The van der Waals surface area contributed by atoms with Crippen molar-refractivity contribution in [1.82, 2.24) is 0 Å². The Morgan fingerprint density at radius 1 is 1.12 bits per heavy atom. The number of aryl methyl sites for hydroxylation is 2. The molecule has 3 heteroatoms. The van der Waals surface area contributed by atoms with Crippen LogP contribution in [0.3, 0.4) is 0 Å². The van der Waals surface area contributed by atoms with Crippen molar-refractivity contribution in [2.24, 2.45) is 5.73 Å². The number of nitrogens with two attached hydrogens (primary N) is 1. The van der Waals surface area contributed by atoms with Crippen LogP contribution in [0.15, 0.2) is 42.2 Å².